The summed E-state index contributed by atoms with van der Waals surface area (Å²) in [5.41, 5.74) is 0.350. The van der Waals surface area contributed by atoms with Gasteiger partial charge in [0.2, 0.25) is 0 Å². The fraction of sp³-hybridized carbons (Fsp3) is 0.200. The van der Waals surface area contributed by atoms with E-state index in [1.54, 1.807) is 6.07 Å². The molecule has 0 saturated carbocycles. The van der Waals surface area contributed by atoms with Gasteiger partial charge in [0.1, 0.15) is 11.6 Å². The van der Waals surface area contributed by atoms with E-state index < -0.39 is 4.92 Å². The van der Waals surface area contributed by atoms with Crippen LogP contribution in [-0.4, -0.2) is 16.0 Å². The summed E-state index contributed by atoms with van der Waals surface area (Å²) in [5, 5.41) is 19.6. The maximum absolute atomic E-state index is 11.5. The molecule has 0 saturated heterocycles. The van der Waals surface area contributed by atoms with Gasteiger partial charge >= 0.3 is 0 Å². The molecule has 0 aliphatic heterocycles. The molecule has 0 aromatic heterocycles. The average Bonchev–Trinajstić information content (AvgIpc) is 2.27. The molecule has 16 heavy (non-hydrogen) atoms. The summed E-state index contributed by atoms with van der Waals surface area (Å²) in [5.74, 6) is -0.205. The molecule has 0 bridgehead atoms. The van der Waals surface area contributed by atoms with Crippen LogP contribution in [0.4, 0.5) is 5.69 Å². The highest BCUT2D eigenvalue weighted by atomic mass is 79.9. The largest absolute Gasteiger partial charge is 0.293 e. The Balaban J connectivity index is 3.48. The maximum atomic E-state index is 11.5. The number of nitro benzene ring substituents is 1. The summed E-state index contributed by atoms with van der Waals surface area (Å²) in [7, 11) is 0. The fourth-order valence-corrected chi connectivity index (χ4v) is 1.67. The van der Waals surface area contributed by atoms with E-state index in [2.05, 4.69) is 15.9 Å². The number of carbonyl (C=O) groups is 1. The third kappa shape index (κ3) is 2.09. The second-order valence-corrected chi connectivity index (χ2v) is 3.62. The Morgan fingerprint density at radius 3 is 2.69 bits per heavy atom. The van der Waals surface area contributed by atoms with E-state index >= 15 is 0 Å². The first-order valence-electron chi connectivity index (χ1n) is 4.30. The van der Waals surface area contributed by atoms with Gasteiger partial charge in [-0.05, 0) is 18.6 Å². The van der Waals surface area contributed by atoms with Gasteiger partial charge in [-0.15, -0.1) is 0 Å². The molecule has 1 rings (SSSR count). The Bertz CT molecular complexity index is 506. The number of ketones is 1. The number of carbonyl (C=O) groups excluding carboxylic acids is 1. The van der Waals surface area contributed by atoms with Crippen molar-refractivity contribution in [2.24, 2.45) is 0 Å². The topological polar surface area (TPSA) is 84.0 Å². The van der Waals surface area contributed by atoms with Gasteiger partial charge in [-0.3, -0.25) is 14.9 Å². The van der Waals surface area contributed by atoms with Crippen LogP contribution in [0.15, 0.2) is 12.1 Å². The molecule has 0 fully saturated rings. The minimum atomic E-state index is -0.631. The molecule has 0 N–H and O–H groups in total. The number of nitriles is 1. The van der Waals surface area contributed by atoms with E-state index in [1.807, 2.05) is 0 Å². The van der Waals surface area contributed by atoms with Gasteiger partial charge in [-0.2, -0.15) is 5.26 Å². The molecule has 0 atom stereocenters. The molecule has 0 heterocycles. The third-order valence-electron chi connectivity index (χ3n) is 2.17. The summed E-state index contributed by atoms with van der Waals surface area (Å²) in [6, 6.07) is 4.31. The highest BCUT2D eigenvalue weighted by molar-refractivity contribution is 9.09. The van der Waals surface area contributed by atoms with Crippen LogP contribution in [-0.2, 0) is 0 Å². The molecule has 5 nitrogen and oxygen atoms in total. The summed E-state index contributed by atoms with van der Waals surface area (Å²) < 4.78 is 0. The van der Waals surface area contributed by atoms with Crippen molar-refractivity contribution in [1.82, 2.24) is 0 Å². The van der Waals surface area contributed by atoms with Gasteiger partial charge in [-0.25, -0.2) is 0 Å². The Labute approximate surface area is 100.0 Å². The van der Waals surface area contributed by atoms with Gasteiger partial charge in [-0.1, -0.05) is 15.9 Å². The number of nitrogens with zero attached hydrogens (tertiary/aromatic N) is 2. The fourth-order valence-electron chi connectivity index (χ4n) is 1.36. The first kappa shape index (κ1) is 12.3. The second kappa shape index (κ2) is 4.86. The highest BCUT2D eigenvalue weighted by Gasteiger charge is 2.20. The molecule has 0 radical (unpaired) electrons. The quantitative estimate of drug-likeness (QED) is 0.369. The van der Waals surface area contributed by atoms with Crippen LogP contribution in [0.1, 0.15) is 21.5 Å². The Morgan fingerprint density at radius 1 is 1.62 bits per heavy atom. The zero-order chi connectivity index (χ0) is 12.3. The molecule has 0 aliphatic carbocycles. The standard InChI is InChI=1S/C10H7BrN2O3/c1-6-7(10(14)4-11)2-3-9(13(15)16)8(6)5-12/h2-3H,4H2,1H3. The summed E-state index contributed by atoms with van der Waals surface area (Å²) >= 11 is 3.01. The monoisotopic (exact) mass is 282 g/mol. The molecule has 6 heteroatoms. The highest BCUT2D eigenvalue weighted by Crippen LogP contribution is 2.24. The molecule has 0 spiro atoms. The van der Waals surface area contributed by atoms with E-state index in [4.69, 9.17) is 5.26 Å². The minimum absolute atomic E-state index is 0.0585. The summed E-state index contributed by atoms with van der Waals surface area (Å²) in [6.45, 7) is 1.53. The number of rotatable bonds is 3. The lowest BCUT2D eigenvalue weighted by Crippen LogP contribution is -2.06. The molecule has 0 amide bonds. The maximum Gasteiger partial charge on any atom is 0.287 e. The van der Waals surface area contributed by atoms with Crippen molar-refractivity contribution in [1.29, 1.82) is 5.26 Å². The van der Waals surface area contributed by atoms with E-state index in [9.17, 15) is 14.9 Å². The molecule has 1 aromatic rings. The van der Waals surface area contributed by atoms with Gasteiger partial charge in [0.25, 0.3) is 5.69 Å². The van der Waals surface area contributed by atoms with Crippen LogP contribution in [0.3, 0.4) is 0 Å². The van der Waals surface area contributed by atoms with E-state index in [-0.39, 0.29) is 22.4 Å². The van der Waals surface area contributed by atoms with Crippen LogP contribution in [0.2, 0.25) is 0 Å². The Kier molecular flexibility index (Phi) is 3.74. The van der Waals surface area contributed by atoms with E-state index in [0.29, 0.717) is 11.1 Å². The normalized spacial score (nSPS) is 9.56. The molecule has 0 aliphatic rings. The van der Waals surface area contributed by atoms with Gasteiger partial charge < -0.3 is 0 Å². The Morgan fingerprint density at radius 2 is 2.25 bits per heavy atom. The number of alkyl halides is 1. The molecule has 0 unspecified atom stereocenters. The van der Waals surface area contributed by atoms with Crippen LogP contribution in [0, 0.1) is 28.4 Å². The van der Waals surface area contributed by atoms with E-state index in [0.717, 1.165) is 0 Å². The smallest absolute Gasteiger partial charge is 0.287 e. The van der Waals surface area contributed by atoms with Crippen molar-refractivity contribution in [2.45, 2.75) is 6.92 Å². The predicted octanol–water partition coefficient (Wildman–Crippen LogP) is 2.35. The third-order valence-corrected chi connectivity index (χ3v) is 2.68. The van der Waals surface area contributed by atoms with Crippen LogP contribution in [0.5, 0.6) is 0 Å². The number of hydrogen-bond acceptors (Lipinski definition) is 4. The zero-order valence-electron chi connectivity index (χ0n) is 8.36. The summed E-state index contributed by atoms with van der Waals surface area (Å²) in [6.07, 6.45) is 0. The first-order chi connectivity index (χ1) is 7.52. The van der Waals surface area contributed by atoms with Crippen molar-refractivity contribution in [3.8, 4) is 6.07 Å². The SMILES string of the molecule is Cc1c(C(=O)CBr)ccc([N+](=O)[O-])c1C#N. The number of nitro groups is 1. The predicted molar refractivity (Wildman–Crippen MR) is 60.7 cm³/mol. The molecular weight excluding hydrogens is 276 g/mol. The molecule has 1 aromatic carbocycles. The first-order valence-corrected chi connectivity index (χ1v) is 5.42. The average molecular weight is 283 g/mol. The van der Waals surface area contributed by atoms with Crippen LogP contribution < -0.4 is 0 Å². The molecule has 82 valence electrons. The number of benzene rings is 1. The van der Waals surface area contributed by atoms with Gasteiger partial charge in [0, 0.05) is 11.6 Å². The van der Waals surface area contributed by atoms with Crippen molar-refractivity contribution in [3.05, 3.63) is 38.9 Å². The van der Waals surface area contributed by atoms with Crippen LogP contribution in [0.25, 0.3) is 0 Å². The zero-order valence-corrected chi connectivity index (χ0v) is 9.94. The molecular formula is C10H7BrN2O3. The van der Waals surface area contributed by atoms with E-state index in [1.165, 1.54) is 19.1 Å². The van der Waals surface area contributed by atoms with Gasteiger partial charge in [0.15, 0.2) is 5.78 Å². The second-order valence-electron chi connectivity index (χ2n) is 3.06. The lowest BCUT2D eigenvalue weighted by Gasteiger charge is -2.04. The Hall–Kier alpha value is -1.74. The minimum Gasteiger partial charge on any atom is -0.293 e. The van der Waals surface area contributed by atoms with Crippen molar-refractivity contribution >= 4 is 27.4 Å². The summed E-state index contributed by atoms with van der Waals surface area (Å²) in [4.78, 5) is 21.5. The van der Waals surface area contributed by atoms with Crippen LogP contribution >= 0.6 is 15.9 Å². The number of halogens is 1. The lowest BCUT2D eigenvalue weighted by atomic mass is 9.99. The number of hydrogen-bond donors (Lipinski definition) is 0. The number of Topliss-reactive ketones (excluding diaryl/α,β-unsaturated/α-hetero) is 1. The van der Waals surface area contributed by atoms with Crippen molar-refractivity contribution in [3.63, 3.8) is 0 Å². The van der Waals surface area contributed by atoms with Crippen molar-refractivity contribution < 1.29 is 9.72 Å². The van der Waals surface area contributed by atoms with Crippen molar-refractivity contribution in [2.75, 3.05) is 5.33 Å². The van der Waals surface area contributed by atoms with Gasteiger partial charge in [0.05, 0.1) is 10.3 Å². The lowest BCUT2D eigenvalue weighted by molar-refractivity contribution is -0.385.